The molecule has 0 aliphatic carbocycles. The average molecular weight is 987 g/mol. The first-order chi connectivity index (χ1) is 34.0. The Bertz CT molecular complexity index is 2340. The maximum Gasteiger partial charge on any atom is 0.247 e. The summed E-state index contributed by atoms with van der Waals surface area (Å²) >= 11 is 0. The number of nitrogens with one attached hydrogen (secondary N) is 9. The van der Waals surface area contributed by atoms with Crippen LogP contribution in [0.2, 0.25) is 0 Å². The fraction of sp³-hybridized carbons (Fsp3) is 0.500. The number of carbonyl (C=O) groups is 9. The van der Waals surface area contributed by atoms with Crippen LogP contribution in [0.1, 0.15) is 102 Å². The monoisotopic (exact) mass is 987 g/mol. The van der Waals surface area contributed by atoms with Gasteiger partial charge in [-0.05, 0) is 75.1 Å². The molecule has 3 aromatic rings. The minimum atomic E-state index is -1.44. The summed E-state index contributed by atoms with van der Waals surface area (Å²) in [5.41, 5.74) is 24.5. The normalized spacial score (nSPS) is 20.4. The van der Waals surface area contributed by atoms with Crippen LogP contribution in [0, 0.1) is 0 Å². The van der Waals surface area contributed by atoms with Gasteiger partial charge in [0.2, 0.25) is 53.2 Å². The molecule has 71 heavy (non-hydrogen) atoms. The molecule has 4 rings (SSSR count). The summed E-state index contributed by atoms with van der Waals surface area (Å²) in [6.07, 6.45) is 3.37. The third-order valence-corrected chi connectivity index (χ3v) is 11.8. The SMILES string of the molecule is CCCC[C@H](NC(C)=O)C(=O)N[C@H]1CCC(=O)NCC[C@@H](C(=O)N[C@@H](Cc2c[nH]c3ccccc23)C(N)=O)NC(=O)[C@H](CCCN=C(N)N)NC(=O)C(c2ccccc2)NC(=O)[C@H](CCCCN)NC1=O. The molecule has 17 N–H and O–H groups in total. The van der Waals surface area contributed by atoms with E-state index in [0.717, 1.165) is 10.9 Å². The van der Waals surface area contributed by atoms with E-state index in [0.29, 0.717) is 36.8 Å². The van der Waals surface area contributed by atoms with E-state index in [2.05, 4.69) is 52.5 Å². The molecule has 0 spiro atoms. The number of fused-ring (bicyclic) bond motifs is 1. The highest BCUT2D eigenvalue weighted by Crippen LogP contribution is 2.20. The standard InChI is InChI=1S/C48H70N14O9/c1-3-4-16-33(56-28(2)63)42(66)58-36-20-21-39(64)53-25-22-37(45(69)61-38(41(50)65)26-30-27-55-32-17-9-8-15-31(30)32)59-43(67)35(19-12-24-54-48(51)52)60-47(71)40(29-13-6-5-7-14-29)62-46(70)34(57-44(36)68)18-10-11-23-49/h5-9,13-15,17,27,33-38,40,55H,3-4,10-12,16,18-26,49H2,1-2H3,(H2,50,65)(H,53,64)(H,56,63)(H,57,68)(H,58,66)(H,59,67)(H,60,71)(H,61,69)(H,62,70)(H4,51,52,54)/t33-,34-,35-,36-,37-,38-,40?/m0/s1. The van der Waals surface area contributed by atoms with Crippen molar-refractivity contribution in [2.45, 2.75) is 133 Å². The van der Waals surface area contributed by atoms with Gasteiger partial charge in [0, 0.05) is 50.0 Å². The van der Waals surface area contributed by atoms with Crippen LogP contribution in [0.15, 0.2) is 65.8 Å². The van der Waals surface area contributed by atoms with Crippen LogP contribution in [0.3, 0.4) is 0 Å². The molecule has 2 aromatic carbocycles. The number of nitrogens with zero attached hydrogens (tertiary/aromatic N) is 1. The molecule has 9 amide bonds. The van der Waals surface area contributed by atoms with Crippen molar-refractivity contribution in [3.63, 3.8) is 0 Å². The molecule has 1 saturated heterocycles. The molecule has 1 unspecified atom stereocenters. The molecule has 2 heterocycles. The van der Waals surface area contributed by atoms with Crippen molar-refractivity contribution in [1.29, 1.82) is 0 Å². The Morgan fingerprint density at radius 1 is 0.761 bits per heavy atom. The molecule has 1 fully saturated rings. The number of primary amides is 1. The van der Waals surface area contributed by atoms with E-state index in [4.69, 9.17) is 22.9 Å². The van der Waals surface area contributed by atoms with Crippen molar-refractivity contribution in [1.82, 2.24) is 47.5 Å². The van der Waals surface area contributed by atoms with Crippen molar-refractivity contribution in [2.24, 2.45) is 27.9 Å². The van der Waals surface area contributed by atoms with Crippen molar-refractivity contribution in [3.05, 3.63) is 71.9 Å². The molecule has 0 bridgehead atoms. The van der Waals surface area contributed by atoms with E-state index >= 15 is 0 Å². The summed E-state index contributed by atoms with van der Waals surface area (Å²) in [4.78, 5) is 131. The highest BCUT2D eigenvalue weighted by atomic mass is 16.2. The number of benzene rings is 2. The zero-order chi connectivity index (χ0) is 51.9. The number of aromatic amines is 1. The highest BCUT2D eigenvalue weighted by molar-refractivity contribution is 5.98. The second kappa shape index (κ2) is 28.8. The predicted octanol–water partition coefficient (Wildman–Crippen LogP) is -1.35. The Labute approximate surface area is 412 Å². The van der Waals surface area contributed by atoms with Gasteiger partial charge in [-0.3, -0.25) is 48.1 Å². The topological polar surface area (TPSA) is 382 Å². The van der Waals surface area contributed by atoms with Crippen LogP contribution in [-0.4, -0.2) is 120 Å². The fourth-order valence-corrected chi connectivity index (χ4v) is 7.99. The number of rotatable bonds is 20. The second-order valence-electron chi connectivity index (χ2n) is 17.4. The lowest BCUT2D eigenvalue weighted by atomic mass is 10.0. The number of H-pyrrole nitrogens is 1. The van der Waals surface area contributed by atoms with Gasteiger partial charge in [-0.2, -0.15) is 0 Å². The Morgan fingerprint density at radius 3 is 2.11 bits per heavy atom. The quantitative estimate of drug-likeness (QED) is 0.0355. The zero-order valence-electron chi connectivity index (χ0n) is 40.4. The number of carbonyl (C=O) groups excluding carboxylic acids is 9. The molecule has 23 heteroatoms. The largest absolute Gasteiger partial charge is 0.370 e. The predicted molar refractivity (Wildman–Crippen MR) is 265 cm³/mol. The van der Waals surface area contributed by atoms with Crippen LogP contribution < -0.4 is 65.5 Å². The van der Waals surface area contributed by atoms with Gasteiger partial charge in [0.1, 0.15) is 42.3 Å². The molecule has 386 valence electrons. The number of amides is 9. The summed E-state index contributed by atoms with van der Waals surface area (Å²) in [7, 11) is 0. The van der Waals surface area contributed by atoms with Crippen LogP contribution in [-0.2, 0) is 49.6 Å². The number of aliphatic imine (C=N–C) groups is 1. The first-order valence-corrected chi connectivity index (χ1v) is 24.0. The first kappa shape index (κ1) is 56.0. The summed E-state index contributed by atoms with van der Waals surface area (Å²) < 4.78 is 0. The molecule has 1 aliphatic rings. The van der Waals surface area contributed by atoms with Crippen molar-refractivity contribution in [3.8, 4) is 0 Å². The van der Waals surface area contributed by atoms with E-state index in [9.17, 15) is 43.2 Å². The number of hydrogen-bond acceptors (Lipinski definition) is 11. The van der Waals surface area contributed by atoms with Gasteiger partial charge in [-0.1, -0.05) is 68.3 Å². The van der Waals surface area contributed by atoms with E-state index in [1.165, 1.54) is 6.92 Å². The van der Waals surface area contributed by atoms with Gasteiger partial charge >= 0.3 is 0 Å². The minimum Gasteiger partial charge on any atom is -0.370 e. The van der Waals surface area contributed by atoms with Crippen molar-refractivity contribution < 1.29 is 43.2 Å². The minimum absolute atomic E-state index is 0.0120. The summed E-state index contributed by atoms with van der Waals surface area (Å²) in [6.45, 7) is 3.28. The lowest BCUT2D eigenvalue weighted by Gasteiger charge is -2.28. The first-order valence-electron chi connectivity index (χ1n) is 24.0. The molecular weight excluding hydrogens is 917 g/mol. The molecule has 0 radical (unpaired) electrons. The van der Waals surface area contributed by atoms with Crippen LogP contribution in [0.25, 0.3) is 10.9 Å². The molecule has 0 saturated carbocycles. The molecule has 23 nitrogen and oxygen atoms in total. The maximum absolute atomic E-state index is 14.5. The fourth-order valence-electron chi connectivity index (χ4n) is 7.99. The van der Waals surface area contributed by atoms with Gasteiger partial charge in [0.25, 0.3) is 0 Å². The van der Waals surface area contributed by atoms with Crippen LogP contribution in [0.4, 0.5) is 0 Å². The van der Waals surface area contributed by atoms with E-state index in [-0.39, 0.29) is 77.0 Å². The zero-order valence-corrected chi connectivity index (χ0v) is 40.4. The van der Waals surface area contributed by atoms with Crippen molar-refractivity contribution in [2.75, 3.05) is 19.6 Å². The van der Waals surface area contributed by atoms with Gasteiger partial charge < -0.3 is 70.5 Å². The van der Waals surface area contributed by atoms with E-state index in [1.54, 1.807) is 36.5 Å². The lowest BCUT2D eigenvalue weighted by Crippen LogP contribution is -2.58. The van der Waals surface area contributed by atoms with E-state index in [1.807, 2.05) is 31.2 Å². The van der Waals surface area contributed by atoms with Crippen LogP contribution >= 0.6 is 0 Å². The second-order valence-corrected chi connectivity index (χ2v) is 17.4. The van der Waals surface area contributed by atoms with Gasteiger partial charge in [-0.15, -0.1) is 0 Å². The summed E-state index contributed by atoms with van der Waals surface area (Å²) in [6, 6.07) is 6.30. The number of guanidine groups is 1. The number of hydrogen-bond donors (Lipinski definition) is 13. The molecule has 1 aliphatic heterocycles. The number of unbranched alkanes of at least 4 members (excludes halogenated alkanes) is 2. The molecular formula is C48H70N14O9. The Morgan fingerprint density at radius 2 is 1.44 bits per heavy atom. The summed E-state index contributed by atoms with van der Waals surface area (Å²) in [5, 5.41) is 22.2. The van der Waals surface area contributed by atoms with Gasteiger partial charge in [-0.25, -0.2) is 0 Å². The third-order valence-electron chi connectivity index (χ3n) is 11.8. The Kier molecular flexibility index (Phi) is 22.7. The molecule has 1 aromatic heterocycles. The average Bonchev–Trinajstić information content (AvgIpc) is 3.75. The van der Waals surface area contributed by atoms with Gasteiger partial charge in [0.05, 0.1) is 0 Å². The van der Waals surface area contributed by atoms with Crippen molar-refractivity contribution >= 4 is 70.0 Å². The highest BCUT2D eigenvalue weighted by Gasteiger charge is 2.35. The maximum atomic E-state index is 14.5. The smallest absolute Gasteiger partial charge is 0.247 e. The summed E-state index contributed by atoms with van der Waals surface area (Å²) in [5.74, 6) is -6.94. The van der Waals surface area contributed by atoms with Gasteiger partial charge in [0.15, 0.2) is 5.96 Å². The third kappa shape index (κ3) is 18.4. The van der Waals surface area contributed by atoms with E-state index < -0.39 is 95.5 Å². The molecule has 7 atom stereocenters. The Hall–Kier alpha value is -7.56. The number of nitrogens with two attached hydrogens (primary N) is 4. The lowest BCUT2D eigenvalue weighted by molar-refractivity contribution is -0.136. The Balaban J connectivity index is 1.75. The number of para-hydroxylation sites is 1. The number of aromatic nitrogens is 1. The van der Waals surface area contributed by atoms with Crippen LogP contribution in [0.5, 0.6) is 0 Å².